The summed E-state index contributed by atoms with van der Waals surface area (Å²) in [7, 11) is 0.953. The average Bonchev–Trinajstić information content (AvgIpc) is 2.73. The summed E-state index contributed by atoms with van der Waals surface area (Å²) < 4.78 is 60.4. The van der Waals surface area contributed by atoms with Crippen LogP contribution < -0.4 is 4.74 Å². The first-order chi connectivity index (χ1) is 8.82. The molecular weight excluding hydrogens is 270 g/mol. The first kappa shape index (κ1) is 13.2. The molecule has 0 N–H and O–H groups in total. The van der Waals surface area contributed by atoms with Crippen LogP contribution in [0.3, 0.4) is 0 Å². The molecule has 0 aliphatic carbocycles. The number of alkyl halides is 3. The van der Waals surface area contributed by atoms with Crippen LogP contribution in [0.2, 0.25) is 0 Å². The van der Waals surface area contributed by atoms with E-state index in [1.807, 2.05) is 0 Å². The van der Waals surface area contributed by atoms with Crippen LogP contribution >= 0.6 is 0 Å². The number of rotatable bonds is 2. The summed E-state index contributed by atoms with van der Waals surface area (Å²) in [5.41, 5.74) is -1.64. The monoisotopic (exact) mass is 277 g/mol. The summed E-state index contributed by atoms with van der Waals surface area (Å²) >= 11 is 0. The molecule has 0 aliphatic heterocycles. The Kier molecular flexibility index (Phi) is 3.13. The number of halogens is 4. The maximum Gasteiger partial charge on any atom is 0.426 e. The van der Waals surface area contributed by atoms with Crippen LogP contribution in [0.5, 0.6) is 5.88 Å². The lowest BCUT2D eigenvalue weighted by molar-refractivity contribution is -0.142. The highest BCUT2D eigenvalue weighted by Gasteiger charge is 2.40. The zero-order valence-electron chi connectivity index (χ0n) is 9.75. The third-order valence-corrected chi connectivity index (χ3v) is 2.17. The fourth-order valence-electron chi connectivity index (χ4n) is 1.39. The van der Waals surface area contributed by atoms with Gasteiger partial charge in [0.1, 0.15) is 5.76 Å². The van der Waals surface area contributed by atoms with Crippen molar-refractivity contribution in [2.75, 3.05) is 7.11 Å². The van der Waals surface area contributed by atoms with Crippen LogP contribution in [0, 0.1) is 12.9 Å². The quantitative estimate of drug-likeness (QED) is 0.623. The lowest BCUT2D eigenvalue weighted by atomic mass is 10.3. The third-order valence-electron chi connectivity index (χ3n) is 2.17. The molecule has 19 heavy (non-hydrogen) atoms. The molecule has 2 heterocycles. The van der Waals surface area contributed by atoms with Crippen molar-refractivity contribution >= 4 is 0 Å². The van der Waals surface area contributed by atoms with Crippen molar-refractivity contribution in [2.24, 2.45) is 0 Å². The van der Waals surface area contributed by atoms with Gasteiger partial charge in [-0.2, -0.15) is 27.5 Å². The Hall–Kier alpha value is -2.19. The third kappa shape index (κ3) is 2.49. The van der Waals surface area contributed by atoms with Gasteiger partial charge in [0.05, 0.1) is 7.11 Å². The first-order valence-electron chi connectivity index (χ1n) is 4.95. The maximum atomic E-state index is 13.5. The number of methoxy groups -OCH3 is 1. The molecule has 0 amide bonds. The molecule has 0 saturated heterocycles. The SMILES string of the molecule is COc1nc(-c2cc(C)on2)nc(F)c1C(F)(F)F. The molecule has 0 radical (unpaired) electrons. The maximum absolute atomic E-state index is 13.5. The van der Waals surface area contributed by atoms with Crippen LogP contribution in [0.1, 0.15) is 11.3 Å². The van der Waals surface area contributed by atoms with Gasteiger partial charge in [-0.3, -0.25) is 0 Å². The first-order valence-corrected chi connectivity index (χ1v) is 4.95. The molecule has 0 saturated carbocycles. The number of nitrogens with zero attached hydrogens (tertiary/aromatic N) is 3. The highest BCUT2D eigenvalue weighted by molar-refractivity contribution is 5.50. The molecule has 9 heteroatoms. The summed E-state index contributed by atoms with van der Waals surface area (Å²) in [5.74, 6) is -2.59. The summed E-state index contributed by atoms with van der Waals surface area (Å²) in [6, 6.07) is 1.36. The molecular formula is C10H7F4N3O2. The van der Waals surface area contributed by atoms with Crippen molar-refractivity contribution < 1.29 is 26.8 Å². The van der Waals surface area contributed by atoms with E-state index in [0.29, 0.717) is 5.76 Å². The zero-order chi connectivity index (χ0) is 14.2. The smallest absolute Gasteiger partial charge is 0.426 e. The van der Waals surface area contributed by atoms with Crippen molar-refractivity contribution in [2.45, 2.75) is 13.1 Å². The van der Waals surface area contributed by atoms with E-state index in [1.54, 1.807) is 6.92 Å². The molecule has 0 unspecified atom stereocenters. The Morgan fingerprint density at radius 1 is 1.26 bits per heavy atom. The second kappa shape index (κ2) is 4.48. The zero-order valence-corrected chi connectivity index (χ0v) is 9.75. The molecule has 0 spiro atoms. The predicted octanol–water partition coefficient (Wildman–Crippen LogP) is 2.61. The van der Waals surface area contributed by atoms with Gasteiger partial charge in [0.2, 0.25) is 11.8 Å². The lowest BCUT2D eigenvalue weighted by Crippen LogP contribution is -2.14. The average molecular weight is 277 g/mol. The summed E-state index contributed by atoms with van der Waals surface area (Å²) in [4.78, 5) is 6.62. The summed E-state index contributed by atoms with van der Waals surface area (Å²) in [6.07, 6.45) is -4.95. The Morgan fingerprint density at radius 3 is 2.42 bits per heavy atom. The van der Waals surface area contributed by atoms with Gasteiger partial charge in [0, 0.05) is 6.07 Å². The topological polar surface area (TPSA) is 61.0 Å². The Balaban J connectivity index is 2.60. The fraction of sp³-hybridized carbons (Fsp3) is 0.300. The van der Waals surface area contributed by atoms with Crippen LogP contribution in [-0.2, 0) is 6.18 Å². The second-order valence-corrected chi connectivity index (χ2v) is 3.54. The van der Waals surface area contributed by atoms with E-state index in [0.717, 1.165) is 7.11 Å². The van der Waals surface area contributed by atoms with E-state index in [4.69, 9.17) is 4.52 Å². The number of aryl methyl sites for hydroxylation is 1. The summed E-state index contributed by atoms with van der Waals surface area (Å²) in [5, 5.41) is 3.49. The van der Waals surface area contributed by atoms with Crippen LogP contribution in [-0.4, -0.2) is 22.2 Å². The van der Waals surface area contributed by atoms with Crippen molar-refractivity contribution in [3.8, 4) is 17.4 Å². The van der Waals surface area contributed by atoms with Gasteiger partial charge < -0.3 is 9.26 Å². The van der Waals surface area contributed by atoms with Crippen molar-refractivity contribution in [1.82, 2.24) is 15.1 Å². The van der Waals surface area contributed by atoms with Gasteiger partial charge in [-0.15, -0.1) is 0 Å². The molecule has 2 rings (SSSR count). The van der Waals surface area contributed by atoms with Gasteiger partial charge in [-0.05, 0) is 6.92 Å². The predicted molar refractivity (Wildman–Crippen MR) is 53.8 cm³/mol. The highest BCUT2D eigenvalue weighted by Crippen LogP contribution is 2.37. The Bertz CT molecular complexity index is 609. The molecule has 5 nitrogen and oxygen atoms in total. The largest absolute Gasteiger partial charge is 0.480 e. The standard InChI is InChI=1S/C10H7F4N3O2/c1-4-3-5(17-19-4)8-15-7(11)6(10(12,13)14)9(16-8)18-2/h3H,1-2H3. The number of ether oxygens (including phenoxy) is 1. The van der Waals surface area contributed by atoms with Gasteiger partial charge in [-0.25, -0.2) is 0 Å². The number of hydrogen-bond donors (Lipinski definition) is 0. The number of aromatic nitrogens is 3. The molecule has 2 aromatic heterocycles. The normalized spacial score (nSPS) is 11.7. The van der Waals surface area contributed by atoms with E-state index in [-0.39, 0.29) is 11.5 Å². The van der Waals surface area contributed by atoms with E-state index in [1.165, 1.54) is 6.07 Å². The number of hydrogen-bond acceptors (Lipinski definition) is 5. The van der Waals surface area contributed by atoms with Crippen LogP contribution in [0.25, 0.3) is 11.5 Å². The van der Waals surface area contributed by atoms with Crippen molar-refractivity contribution in [3.63, 3.8) is 0 Å². The van der Waals surface area contributed by atoms with Crippen molar-refractivity contribution in [1.29, 1.82) is 0 Å². The van der Waals surface area contributed by atoms with E-state index >= 15 is 0 Å². The van der Waals surface area contributed by atoms with E-state index in [9.17, 15) is 17.6 Å². The van der Waals surface area contributed by atoms with Crippen LogP contribution in [0.15, 0.2) is 10.6 Å². The minimum Gasteiger partial charge on any atom is -0.480 e. The molecule has 0 aliphatic rings. The highest BCUT2D eigenvalue weighted by atomic mass is 19.4. The van der Waals surface area contributed by atoms with Crippen molar-refractivity contribution in [3.05, 3.63) is 23.3 Å². The van der Waals surface area contributed by atoms with Gasteiger partial charge >= 0.3 is 6.18 Å². The van der Waals surface area contributed by atoms with Gasteiger partial charge in [0.15, 0.2) is 17.1 Å². The second-order valence-electron chi connectivity index (χ2n) is 3.54. The van der Waals surface area contributed by atoms with Gasteiger partial charge in [-0.1, -0.05) is 5.16 Å². The molecule has 0 atom stereocenters. The van der Waals surface area contributed by atoms with E-state index in [2.05, 4.69) is 19.9 Å². The summed E-state index contributed by atoms with van der Waals surface area (Å²) in [6.45, 7) is 1.56. The molecule has 0 aromatic carbocycles. The Labute approximate surface area is 104 Å². The van der Waals surface area contributed by atoms with Crippen LogP contribution in [0.4, 0.5) is 17.6 Å². The minimum atomic E-state index is -4.95. The molecule has 102 valence electrons. The molecule has 0 bridgehead atoms. The fourth-order valence-corrected chi connectivity index (χ4v) is 1.39. The van der Waals surface area contributed by atoms with E-state index < -0.39 is 23.6 Å². The minimum absolute atomic E-state index is 0.0171. The molecule has 0 fully saturated rings. The van der Waals surface area contributed by atoms with Gasteiger partial charge in [0.25, 0.3) is 0 Å². The Morgan fingerprint density at radius 2 is 1.95 bits per heavy atom. The molecule has 2 aromatic rings. The lowest BCUT2D eigenvalue weighted by Gasteiger charge is -2.11.